The summed E-state index contributed by atoms with van der Waals surface area (Å²) >= 11 is 12.0. The molecule has 1 heterocycles. The van der Waals surface area contributed by atoms with Gasteiger partial charge in [-0.25, -0.2) is 4.79 Å². The van der Waals surface area contributed by atoms with Gasteiger partial charge in [0.05, 0.1) is 40.2 Å². The quantitative estimate of drug-likeness (QED) is 0.213. The number of carbonyl (C=O) groups excluding carboxylic acids is 4. The molecule has 13 nitrogen and oxygen atoms in total. The van der Waals surface area contributed by atoms with Crippen LogP contribution in [0.3, 0.4) is 0 Å². The maximum Gasteiger partial charge on any atom is 0.341 e. The molecule has 0 spiro atoms. The van der Waals surface area contributed by atoms with Gasteiger partial charge in [-0.2, -0.15) is 0 Å². The molecule has 2 amide bonds. The van der Waals surface area contributed by atoms with Gasteiger partial charge in [0.1, 0.15) is 6.04 Å². The molecule has 3 atom stereocenters. The first-order valence-electron chi connectivity index (χ1n) is 12.6. The highest BCUT2D eigenvalue weighted by Gasteiger charge is 2.48. The number of esters is 1. The van der Waals surface area contributed by atoms with Crippen LogP contribution in [0.2, 0.25) is 10.0 Å². The van der Waals surface area contributed by atoms with Gasteiger partial charge >= 0.3 is 17.9 Å². The molecule has 0 saturated carbocycles. The predicted octanol–water partition coefficient (Wildman–Crippen LogP) is 2.61. The fraction of sp³-hybridized carbons (Fsp3) is 0.500. The summed E-state index contributed by atoms with van der Waals surface area (Å²) in [5.74, 6) is -6.01. The zero-order valence-corrected chi connectivity index (χ0v) is 24.1. The summed E-state index contributed by atoms with van der Waals surface area (Å²) in [6.45, 7) is 4.32. The molecule has 0 fully saturated rings. The lowest BCUT2D eigenvalue weighted by molar-refractivity contribution is -0.148. The first-order valence-corrected chi connectivity index (χ1v) is 13.4. The molecule has 0 aliphatic carbocycles. The van der Waals surface area contributed by atoms with E-state index in [1.807, 2.05) is 0 Å². The number of ether oxygens (including phenoxy) is 1. The van der Waals surface area contributed by atoms with Crippen LogP contribution in [0.25, 0.3) is 0 Å². The monoisotopic (exact) mass is 615 g/mol. The largest absolute Gasteiger partial charge is 0.481 e. The molecule has 1 aromatic rings. The van der Waals surface area contributed by atoms with Crippen molar-refractivity contribution in [2.24, 2.45) is 11.1 Å². The fourth-order valence-electron chi connectivity index (χ4n) is 3.95. The Morgan fingerprint density at radius 1 is 1.05 bits per heavy atom. The van der Waals surface area contributed by atoms with E-state index < -0.39 is 66.2 Å². The van der Waals surface area contributed by atoms with Crippen LogP contribution in [0.5, 0.6) is 0 Å². The molecule has 1 aliphatic heterocycles. The lowest BCUT2D eigenvalue weighted by atomic mass is 9.87. The molecule has 4 N–H and O–H groups in total. The minimum Gasteiger partial charge on any atom is -0.481 e. The number of ketones is 1. The average Bonchev–Trinajstić information content (AvgIpc) is 3.33. The number of carboxylic acid groups (broad SMARTS) is 2. The molecule has 41 heavy (non-hydrogen) atoms. The molecule has 0 saturated heterocycles. The van der Waals surface area contributed by atoms with E-state index >= 15 is 0 Å². The molecule has 15 heteroatoms. The van der Waals surface area contributed by atoms with Crippen molar-refractivity contribution in [2.45, 2.75) is 70.6 Å². The standard InChI is InChI=1S/C26H31Cl2N3O10/c1-4-26(11-17(31-41-26)23(13(2)3)30-19(33)8-9-20(34)35)25(39)29-16(10-21(36)37)18(32)12-40-24(38)22-14(27)6-5-7-15(22)28/h5-7,13,16,23H,4,8-12H2,1-3H3,(H,29,39)(H,30,33)(H,34,35)(H,36,37). The molecule has 224 valence electrons. The Morgan fingerprint density at radius 3 is 2.22 bits per heavy atom. The number of Topliss-reactive ketones (excluding diaryl/α,β-unsaturated/α-hetero) is 1. The predicted molar refractivity (Wildman–Crippen MR) is 146 cm³/mol. The van der Waals surface area contributed by atoms with Crippen LogP contribution in [0.15, 0.2) is 23.4 Å². The summed E-state index contributed by atoms with van der Waals surface area (Å²) in [5.41, 5.74) is -1.48. The molecule has 2 rings (SSSR count). The van der Waals surface area contributed by atoms with Gasteiger partial charge in [-0.05, 0) is 24.5 Å². The third kappa shape index (κ3) is 9.15. The Morgan fingerprint density at radius 2 is 1.68 bits per heavy atom. The van der Waals surface area contributed by atoms with Crippen LogP contribution in [-0.2, 0) is 33.5 Å². The van der Waals surface area contributed by atoms with Crippen molar-refractivity contribution in [2.75, 3.05) is 6.61 Å². The third-order valence-electron chi connectivity index (χ3n) is 6.28. The van der Waals surface area contributed by atoms with Gasteiger partial charge in [-0.3, -0.25) is 24.0 Å². The summed E-state index contributed by atoms with van der Waals surface area (Å²) in [4.78, 5) is 78.6. The van der Waals surface area contributed by atoms with Gasteiger partial charge in [-0.1, -0.05) is 55.2 Å². The van der Waals surface area contributed by atoms with Gasteiger partial charge in [0.25, 0.3) is 5.91 Å². The van der Waals surface area contributed by atoms with Crippen molar-refractivity contribution in [3.05, 3.63) is 33.8 Å². The third-order valence-corrected chi connectivity index (χ3v) is 6.91. The normalized spacial score (nSPS) is 17.6. The van der Waals surface area contributed by atoms with E-state index in [4.69, 9.17) is 37.9 Å². The number of halogens is 2. The van der Waals surface area contributed by atoms with Crippen LogP contribution >= 0.6 is 23.2 Å². The van der Waals surface area contributed by atoms with E-state index in [-0.39, 0.29) is 47.2 Å². The molecule has 0 radical (unpaired) electrons. The number of hydrogen-bond donors (Lipinski definition) is 4. The highest BCUT2D eigenvalue weighted by molar-refractivity contribution is 6.39. The van der Waals surface area contributed by atoms with Crippen molar-refractivity contribution in [3.63, 3.8) is 0 Å². The fourth-order valence-corrected chi connectivity index (χ4v) is 4.51. The van der Waals surface area contributed by atoms with E-state index in [2.05, 4.69) is 15.8 Å². The number of hydrogen-bond acceptors (Lipinski definition) is 9. The van der Waals surface area contributed by atoms with Crippen molar-refractivity contribution in [1.82, 2.24) is 10.6 Å². The molecule has 1 aromatic carbocycles. The average molecular weight is 616 g/mol. The van der Waals surface area contributed by atoms with Crippen molar-refractivity contribution in [1.29, 1.82) is 0 Å². The number of rotatable bonds is 15. The molecule has 0 bridgehead atoms. The lowest BCUT2D eigenvalue weighted by Crippen LogP contribution is -2.54. The smallest absolute Gasteiger partial charge is 0.341 e. The Bertz CT molecular complexity index is 1220. The van der Waals surface area contributed by atoms with Gasteiger partial charge in [-0.15, -0.1) is 0 Å². The number of aliphatic carboxylic acids is 2. The van der Waals surface area contributed by atoms with Crippen molar-refractivity contribution in [3.8, 4) is 0 Å². The van der Waals surface area contributed by atoms with E-state index in [0.717, 1.165) is 0 Å². The van der Waals surface area contributed by atoms with E-state index in [1.165, 1.54) is 18.2 Å². The number of carbonyl (C=O) groups is 6. The maximum atomic E-state index is 13.3. The highest BCUT2D eigenvalue weighted by atomic mass is 35.5. The summed E-state index contributed by atoms with van der Waals surface area (Å²) < 4.78 is 4.99. The van der Waals surface area contributed by atoms with E-state index in [0.29, 0.717) is 5.71 Å². The molecule has 0 aromatic heterocycles. The Labute approximate surface area is 245 Å². The van der Waals surface area contributed by atoms with Crippen LogP contribution in [0, 0.1) is 5.92 Å². The number of nitrogens with one attached hydrogen (secondary N) is 2. The number of amides is 2. The second-order valence-corrected chi connectivity index (χ2v) is 10.5. The van der Waals surface area contributed by atoms with Crippen LogP contribution in [-0.4, -0.2) is 75.7 Å². The topological polar surface area (TPSA) is 198 Å². The second-order valence-electron chi connectivity index (χ2n) is 9.64. The first kappa shape index (κ1) is 33.5. The number of oxime groups is 1. The Hall–Kier alpha value is -3.71. The second kappa shape index (κ2) is 14.8. The van der Waals surface area contributed by atoms with Gasteiger partial charge in [0.15, 0.2) is 12.4 Å². The van der Waals surface area contributed by atoms with E-state index in [9.17, 15) is 33.9 Å². The highest BCUT2D eigenvalue weighted by Crippen LogP contribution is 2.31. The SMILES string of the molecule is CCC1(C(=O)NC(CC(=O)O)C(=O)COC(=O)c2c(Cl)cccc2Cl)CC(C(NC(=O)CCC(=O)O)C(C)C)=NO1. The number of benzene rings is 1. The summed E-state index contributed by atoms with van der Waals surface area (Å²) in [7, 11) is 0. The summed E-state index contributed by atoms with van der Waals surface area (Å²) in [5, 5.41) is 27.2. The van der Waals surface area contributed by atoms with Crippen LogP contribution < -0.4 is 10.6 Å². The molecule has 3 unspecified atom stereocenters. The van der Waals surface area contributed by atoms with Crippen LogP contribution in [0.4, 0.5) is 0 Å². The van der Waals surface area contributed by atoms with Gasteiger partial charge < -0.3 is 30.4 Å². The van der Waals surface area contributed by atoms with Crippen molar-refractivity contribution >= 4 is 64.4 Å². The lowest BCUT2D eigenvalue weighted by Gasteiger charge is -2.27. The summed E-state index contributed by atoms with van der Waals surface area (Å²) in [6.07, 6.45) is -1.45. The Kier molecular flexibility index (Phi) is 12.1. The van der Waals surface area contributed by atoms with Gasteiger partial charge in [0.2, 0.25) is 11.5 Å². The minimum absolute atomic E-state index is 0.0119. The zero-order valence-electron chi connectivity index (χ0n) is 22.6. The molecule has 1 aliphatic rings. The molecular weight excluding hydrogens is 585 g/mol. The van der Waals surface area contributed by atoms with Crippen molar-refractivity contribution < 1.29 is 48.6 Å². The first-order chi connectivity index (χ1) is 19.2. The number of nitrogens with zero attached hydrogens (tertiary/aromatic N) is 1. The van der Waals surface area contributed by atoms with Crippen LogP contribution in [0.1, 0.15) is 63.2 Å². The van der Waals surface area contributed by atoms with Gasteiger partial charge in [0, 0.05) is 12.8 Å². The summed E-state index contributed by atoms with van der Waals surface area (Å²) in [6, 6.07) is 2.04. The Balaban J connectivity index is 2.12. The number of carboxylic acids is 2. The van der Waals surface area contributed by atoms with E-state index in [1.54, 1.807) is 20.8 Å². The zero-order chi connectivity index (χ0) is 30.9. The molecular formula is C26H31Cl2N3O10. The minimum atomic E-state index is -1.62. The maximum absolute atomic E-state index is 13.3.